The van der Waals surface area contributed by atoms with Gasteiger partial charge in [0, 0.05) is 18.0 Å². The maximum Gasteiger partial charge on any atom is 0.234 e. The number of amides is 1. The zero-order valence-electron chi connectivity index (χ0n) is 11.3. The van der Waals surface area contributed by atoms with Gasteiger partial charge in [0.15, 0.2) is 0 Å². The Hall–Kier alpha value is -0.910. The molecule has 0 bridgehead atoms. The lowest BCUT2D eigenvalue weighted by Crippen LogP contribution is -2.47. The molecule has 2 N–H and O–H groups in total. The van der Waals surface area contributed by atoms with E-state index in [2.05, 4.69) is 18.3 Å². The van der Waals surface area contributed by atoms with Gasteiger partial charge < -0.3 is 10.4 Å². The molecule has 0 radical (unpaired) electrons. The number of hydrogen-bond acceptors (Lipinski definition) is 4. The number of nitrogens with zero attached hydrogens (tertiary/aromatic N) is 1. The van der Waals surface area contributed by atoms with Gasteiger partial charge in [-0.15, -0.1) is 11.3 Å². The van der Waals surface area contributed by atoms with Crippen LogP contribution in [0.25, 0.3) is 0 Å². The zero-order chi connectivity index (χ0) is 13.7. The van der Waals surface area contributed by atoms with Crippen LogP contribution in [0.15, 0.2) is 17.5 Å². The predicted octanol–water partition coefficient (Wildman–Crippen LogP) is 1.11. The molecule has 1 aliphatic heterocycles. The average Bonchev–Trinajstić information content (AvgIpc) is 2.87. The van der Waals surface area contributed by atoms with Crippen LogP contribution in [-0.2, 0) is 11.2 Å². The second kappa shape index (κ2) is 7.03. The molecule has 2 rings (SSSR count). The maximum absolute atomic E-state index is 11.8. The first kappa shape index (κ1) is 14.5. The second-order valence-electron chi connectivity index (χ2n) is 5.25. The molecule has 2 atom stereocenters. The van der Waals surface area contributed by atoms with Crippen LogP contribution in [0.2, 0.25) is 0 Å². The Morgan fingerprint density at radius 1 is 1.63 bits per heavy atom. The average molecular weight is 282 g/mol. The number of aliphatic hydroxyl groups is 1. The van der Waals surface area contributed by atoms with Gasteiger partial charge in [0.2, 0.25) is 5.91 Å². The lowest BCUT2D eigenvalue weighted by molar-refractivity contribution is -0.123. The number of piperidine rings is 1. The van der Waals surface area contributed by atoms with E-state index in [0.717, 1.165) is 19.4 Å². The number of β-amino-alcohol motifs (C(OH)–C–C–N with tert-alkyl or cyclic N) is 1. The minimum absolute atomic E-state index is 0.0540. The molecule has 106 valence electrons. The third-order valence-electron chi connectivity index (χ3n) is 3.64. The van der Waals surface area contributed by atoms with Gasteiger partial charge in [0.05, 0.1) is 12.6 Å². The van der Waals surface area contributed by atoms with Gasteiger partial charge in [-0.3, -0.25) is 9.69 Å². The summed E-state index contributed by atoms with van der Waals surface area (Å²) < 4.78 is 0. The molecular weight excluding hydrogens is 260 g/mol. The Labute approximate surface area is 118 Å². The van der Waals surface area contributed by atoms with Crippen molar-refractivity contribution in [3.8, 4) is 0 Å². The lowest BCUT2D eigenvalue weighted by Gasteiger charge is -2.33. The number of carbonyl (C=O) groups is 1. The number of likely N-dealkylation sites (tertiary alicyclic amines) is 1. The maximum atomic E-state index is 11.8. The normalized spacial score (nSPS) is 24.3. The zero-order valence-corrected chi connectivity index (χ0v) is 12.2. The van der Waals surface area contributed by atoms with Crippen molar-refractivity contribution in [3.63, 3.8) is 0 Å². The van der Waals surface area contributed by atoms with Gasteiger partial charge in [-0.05, 0) is 36.8 Å². The quantitative estimate of drug-likeness (QED) is 0.850. The summed E-state index contributed by atoms with van der Waals surface area (Å²) in [5.41, 5.74) is 0. The SMILES string of the molecule is CC1CCN(CC(=O)NCCc2cccs2)CC1O. The van der Waals surface area contributed by atoms with Crippen molar-refractivity contribution in [1.82, 2.24) is 10.2 Å². The van der Waals surface area contributed by atoms with E-state index < -0.39 is 0 Å². The standard InChI is InChI=1S/C14H22N2O2S/c1-11-5-7-16(9-13(11)17)10-14(18)15-6-4-12-3-2-8-19-12/h2-3,8,11,13,17H,4-7,9-10H2,1H3,(H,15,18). The minimum Gasteiger partial charge on any atom is -0.392 e. The van der Waals surface area contributed by atoms with Crippen LogP contribution in [0.3, 0.4) is 0 Å². The fourth-order valence-electron chi connectivity index (χ4n) is 2.30. The fraction of sp³-hybridized carbons (Fsp3) is 0.643. The van der Waals surface area contributed by atoms with E-state index in [1.54, 1.807) is 11.3 Å². The highest BCUT2D eigenvalue weighted by Crippen LogP contribution is 2.16. The summed E-state index contributed by atoms with van der Waals surface area (Å²) in [5.74, 6) is 0.399. The Balaban J connectivity index is 1.64. The van der Waals surface area contributed by atoms with Gasteiger partial charge in [0.1, 0.15) is 0 Å². The van der Waals surface area contributed by atoms with Gasteiger partial charge in [0.25, 0.3) is 0 Å². The van der Waals surface area contributed by atoms with Crippen LogP contribution in [0.1, 0.15) is 18.2 Å². The molecule has 1 saturated heterocycles. The first-order valence-electron chi connectivity index (χ1n) is 6.84. The van der Waals surface area contributed by atoms with E-state index in [1.807, 2.05) is 16.3 Å². The van der Waals surface area contributed by atoms with Crippen LogP contribution < -0.4 is 5.32 Å². The molecule has 1 aliphatic rings. The molecule has 4 nitrogen and oxygen atoms in total. The van der Waals surface area contributed by atoms with Crippen molar-refractivity contribution in [2.24, 2.45) is 5.92 Å². The van der Waals surface area contributed by atoms with E-state index in [9.17, 15) is 9.90 Å². The summed E-state index contributed by atoms with van der Waals surface area (Å²) in [7, 11) is 0. The number of thiophene rings is 1. The van der Waals surface area contributed by atoms with E-state index in [1.165, 1.54) is 4.88 Å². The van der Waals surface area contributed by atoms with Crippen molar-refractivity contribution in [1.29, 1.82) is 0 Å². The summed E-state index contributed by atoms with van der Waals surface area (Å²) in [5, 5.41) is 14.8. The van der Waals surface area contributed by atoms with Crippen molar-refractivity contribution in [3.05, 3.63) is 22.4 Å². The van der Waals surface area contributed by atoms with Gasteiger partial charge >= 0.3 is 0 Å². The highest BCUT2D eigenvalue weighted by Gasteiger charge is 2.25. The molecule has 0 aliphatic carbocycles. The smallest absolute Gasteiger partial charge is 0.234 e. The molecule has 1 amide bonds. The number of hydrogen-bond donors (Lipinski definition) is 2. The molecule has 0 saturated carbocycles. The van der Waals surface area contributed by atoms with Crippen LogP contribution in [0, 0.1) is 5.92 Å². The number of rotatable bonds is 5. The minimum atomic E-state index is -0.298. The molecule has 2 unspecified atom stereocenters. The van der Waals surface area contributed by atoms with Crippen molar-refractivity contribution in [2.45, 2.75) is 25.9 Å². The fourth-order valence-corrected chi connectivity index (χ4v) is 3.01. The predicted molar refractivity (Wildman–Crippen MR) is 77.3 cm³/mol. The van der Waals surface area contributed by atoms with Crippen molar-refractivity contribution in [2.75, 3.05) is 26.2 Å². The number of aliphatic hydroxyl groups excluding tert-OH is 1. The van der Waals surface area contributed by atoms with Crippen LogP contribution in [-0.4, -0.2) is 48.2 Å². The first-order chi connectivity index (χ1) is 9.15. The molecular formula is C14H22N2O2S. The molecule has 0 aromatic carbocycles. The van der Waals surface area contributed by atoms with E-state index in [0.29, 0.717) is 25.6 Å². The summed E-state index contributed by atoms with van der Waals surface area (Å²) in [6, 6.07) is 4.11. The van der Waals surface area contributed by atoms with Gasteiger partial charge in [-0.1, -0.05) is 13.0 Å². The number of carbonyl (C=O) groups excluding carboxylic acids is 1. The number of nitrogens with one attached hydrogen (secondary N) is 1. The monoisotopic (exact) mass is 282 g/mol. The van der Waals surface area contributed by atoms with Crippen molar-refractivity contribution < 1.29 is 9.90 Å². The van der Waals surface area contributed by atoms with Crippen LogP contribution in [0.4, 0.5) is 0 Å². The summed E-state index contributed by atoms with van der Waals surface area (Å²) >= 11 is 1.72. The first-order valence-corrected chi connectivity index (χ1v) is 7.72. The second-order valence-corrected chi connectivity index (χ2v) is 6.28. The molecule has 5 heteroatoms. The molecule has 1 aromatic heterocycles. The van der Waals surface area contributed by atoms with E-state index in [-0.39, 0.29) is 12.0 Å². The Bertz CT molecular complexity index is 394. The lowest BCUT2D eigenvalue weighted by atomic mass is 9.96. The molecule has 0 spiro atoms. The highest BCUT2D eigenvalue weighted by atomic mass is 32.1. The Morgan fingerprint density at radius 2 is 2.47 bits per heavy atom. The molecule has 1 aromatic rings. The van der Waals surface area contributed by atoms with E-state index >= 15 is 0 Å². The molecule has 19 heavy (non-hydrogen) atoms. The Kier molecular flexibility index (Phi) is 5.36. The third-order valence-corrected chi connectivity index (χ3v) is 4.58. The summed E-state index contributed by atoms with van der Waals surface area (Å²) in [4.78, 5) is 15.1. The van der Waals surface area contributed by atoms with Crippen LogP contribution >= 0.6 is 11.3 Å². The van der Waals surface area contributed by atoms with Crippen molar-refractivity contribution >= 4 is 17.2 Å². The summed E-state index contributed by atoms with van der Waals surface area (Å²) in [6.45, 7) is 4.65. The summed E-state index contributed by atoms with van der Waals surface area (Å²) in [6.07, 6.45) is 1.56. The van der Waals surface area contributed by atoms with Gasteiger partial charge in [-0.2, -0.15) is 0 Å². The topological polar surface area (TPSA) is 52.6 Å². The molecule has 2 heterocycles. The largest absolute Gasteiger partial charge is 0.392 e. The highest BCUT2D eigenvalue weighted by molar-refractivity contribution is 7.09. The van der Waals surface area contributed by atoms with Gasteiger partial charge in [-0.25, -0.2) is 0 Å². The third kappa shape index (κ3) is 4.60. The van der Waals surface area contributed by atoms with E-state index in [4.69, 9.17) is 0 Å². The van der Waals surface area contributed by atoms with Crippen LogP contribution in [0.5, 0.6) is 0 Å². The Morgan fingerprint density at radius 3 is 3.16 bits per heavy atom. The molecule has 1 fully saturated rings.